The molecule has 0 saturated carbocycles. The van der Waals surface area contributed by atoms with Crippen LogP contribution in [0.15, 0.2) is 48.5 Å². The molecule has 0 saturated heterocycles. The molecule has 0 radical (unpaired) electrons. The Morgan fingerprint density at radius 2 is 1.78 bits per heavy atom. The van der Waals surface area contributed by atoms with Crippen LogP contribution in [0.25, 0.3) is 0 Å². The van der Waals surface area contributed by atoms with Crippen molar-refractivity contribution in [3.05, 3.63) is 70.2 Å². The number of hydrogen-bond acceptors (Lipinski definition) is 3. The highest BCUT2D eigenvalue weighted by atomic mass is 35.5. The number of amides is 2. The Morgan fingerprint density at radius 1 is 1.07 bits per heavy atom. The van der Waals surface area contributed by atoms with Gasteiger partial charge in [-0.15, -0.1) is 0 Å². The molecule has 1 aliphatic rings. The molecule has 0 aliphatic carbocycles. The molecule has 0 spiro atoms. The maximum atomic E-state index is 13.2. The Bertz CT molecular complexity index is 825. The number of nitrogens with zero attached hydrogens (tertiary/aromatic N) is 1. The topological polar surface area (TPSA) is 61.4 Å². The van der Waals surface area contributed by atoms with Gasteiger partial charge in [0.2, 0.25) is 5.91 Å². The van der Waals surface area contributed by atoms with Crippen molar-refractivity contribution < 1.29 is 9.59 Å². The average Bonchev–Trinajstić information content (AvgIpc) is 2.70. The fourth-order valence-electron chi connectivity index (χ4n) is 3.35. The molecule has 2 aromatic rings. The molecule has 0 fully saturated rings. The van der Waals surface area contributed by atoms with Crippen LogP contribution in [0, 0.1) is 0 Å². The second kappa shape index (κ2) is 9.02. The summed E-state index contributed by atoms with van der Waals surface area (Å²) >= 11 is 6.23. The van der Waals surface area contributed by atoms with Crippen molar-refractivity contribution in [1.82, 2.24) is 15.5 Å². The van der Waals surface area contributed by atoms with Gasteiger partial charge < -0.3 is 15.5 Å². The smallest absolute Gasteiger partial charge is 0.256 e. The summed E-state index contributed by atoms with van der Waals surface area (Å²) in [5, 5.41) is 6.42. The number of benzene rings is 2. The van der Waals surface area contributed by atoms with E-state index in [9.17, 15) is 9.59 Å². The summed E-state index contributed by atoms with van der Waals surface area (Å²) in [5.74, 6) is -0.341. The zero-order chi connectivity index (χ0) is 19.2. The SMILES string of the molecule is CNCCCNC(=O)C1Cc2ccccc2CN1C(=O)c1ccccc1Cl. The van der Waals surface area contributed by atoms with Crippen molar-refractivity contribution in [3.8, 4) is 0 Å². The summed E-state index contributed by atoms with van der Waals surface area (Å²) in [4.78, 5) is 27.7. The van der Waals surface area contributed by atoms with Gasteiger partial charge in [-0.1, -0.05) is 48.0 Å². The standard InChI is InChI=1S/C21H24ClN3O2/c1-23-11-6-12-24-20(26)19-13-15-7-2-3-8-16(15)14-25(19)21(27)17-9-4-5-10-18(17)22/h2-5,7-10,19,23H,6,11-14H2,1H3,(H,24,26). The number of carbonyl (C=O) groups excluding carboxylic acids is 2. The van der Waals surface area contributed by atoms with Gasteiger partial charge >= 0.3 is 0 Å². The van der Waals surface area contributed by atoms with E-state index in [1.807, 2.05) is 31.3 Å². The zero-order valence-electron chi connectivity index (χ0n) is 15.4. The number of carbonyl (C=O) groups is 2. The fourth-order valence-corrected chi connectivity index (χ4v) is 3.57. The molecule has 1 heterocycles. The summed E-state index contributed by atoms with van der Waals surface area (Å²) in [6.07, 6.45) is 1.34. The van der Waals surface area contributed by atoms with E-state index in [2.05, 4.69) is 10.6 Å². The highest BCUT2D eigenvalue weighted by molar-refractivity contribution is 6.33. The molecular weight excluding hydrogens is 362 g/mol. The molecule has 0 aromatic heterocycles. The van der Waals surface area contributed by atoms with Gasteiger partial charge in [0.1, 0.15) is 6.04 Å². The molecule has 5 nitrogen and oxygen atoms in total. The van der Waals surface area contributed by atoms with Crippen molar-refractivity contribution in [2.24, 2.45) is 0 Å². The van der Waals surface area contributed by atoms with Gasteiger partial charge in [0.05, 0.1) is 10.6 Å². The van der Waals surface area contributed by atoms with Crippen LogP contribution in [0.5, 0.6) is 0 Å². The second-order valence-corrected chi connectivity index (χ2v) is 7.06. The first-order valence-electron chi connectivity index (χ1n) is 9.16. The molecule has 2 amide bonds. The van der Waals surface area contributed by atoms with Crippen molar-refractivity contribution in [2.45, 2.75) is 25.4 Å². The summed E-state index contributed by atoms with van der Waals surface area (Å²) in [6, 6.07) is 14.4. The maximum absolute atomic E-state index is 13.2. The van der Waals surface area contributed by atoms with E-state index in [-0.39, 0.29) is 11.8 Å². The molecule has 27 heavy (non-hydrogen) atoms. The Labute approximate surface area is 164 Å². The molecule has 0 bridgehead atoms. The van der Waals surface area contributed by atoms with Crippen LogP contribution >= 0.6 is 11.6 Å². The molecule has 2 N–H and O–H groups in total. The first kappa shape index (κ1) is 19.4. The van der Waals surface area contributed by atoms with Gasteiger partial charge in [-0.2, -0.15) is 0 Å². The third kappa shape index (κ3) is 4.49. The van der Waals surface area contributed by atoms with Gasteiger partial charge in [-0.25, -0.2) is 0 Å². The number of fused-ring (bicyclic) bond motifs is 1. The lowest BCUT2D eigenvalue weighted by Gasteiger charge is -2.36. The summed E-state index contributed by atoms with van der Waals surface area (Å²) in [5.41, 5.74) is 2.60. The van der Waals surface area contributed by atoms with Crippen molar-refractivity contribution in [3.63, 3.8) is 0 Å². The third-order valence-corrected chi connectivity index (χ3v) is 5.15. The first-order valence-corrected chi connectivity index (χ1v) is 9.54. The monoisotopic (exact) mass is 385 g/mol. The van der Waals surface area contributed by atoms with Crippen LogP contribution in [0.4, 0.5) is 0 Å². The Kier molecular flexibility index (Phi) is 6.48. The first-order chi connectivity index (χ1) is 13.1. The average molecular weight is 386 g/mol. The Hall–Kier alpha value is -2.37. The Balaban J connectivity index is 1.84. The van der Waals surface area contributed by atoms with Crippen LogP contribution in [-0.4, -0.2) is 42.9 Å². The van der Waals surface area contributed by atoms with Gasteiger partial charge in [0.15, 0.2) is 0 Å². The van der Waals surface area contributed by atoms with Crippen LogP contribution in [0.1, 0.15) is 27.9 Å². The van der Waals surface area contributed by atoms with E-state index < -0.39 is 6.04 Å². The highest BCUT2D eigenvalue weighted by Crippen LogP contribution is 2.27. The lowest BCUT2D eigenvalue weighted by molar-refractivity contribution is -0.126. The predicted molar refractivity (Wildman–Crippen MR) is 107 cm³/mol. The van der Waals surface area contributed by atoms with E-state index in [4.69, 9.17) is 11.6 Å². The minimum atomic E-state index is -0.543. The quantitative estimate of drug-likeness (QED) is 0.751. The minimum absolute atomic E-state index is 0.124. The normalized spacial score (nSPS) is 15.9. The molecule has 1 aliphatic heterocycles. The summed E-state index contributed by atoms with van der Waals surface area (Å²) in [6.45, 7) is 1.80. The summed E-state index contributed by atoms with van der Waals surface area (Å²) in [7, 11) is 1.88. The van der Waals surface area contributed by atoms with E-state index in [1.165, 1.54) is 0 Å². The van der Waals surface area contributed by atoms with E-state index in [0.29, 0.717) is 30.1 Å². The Morgan fingerprint density at radius 3 is 2.52 bits per heavy atom. The van der Waals surface area contributed by atoms with Crippen LogP contribution in [-0.2, 0) is 17.8 Å². The van der Waals surface area contributed by atoms with E-state index in [1.54, 1.807) is 29.2 Å². The van der Waals surface area contributed by atoms with Crippen molar-refractivity contribution >= 4 is 23.4 Å². The number of hydrogen-bond donors (Lipinski definition) is 2. The van der Waals surface area contributed by atoms with Crippen molar-refractivity contribution in [2.75, 3.05) is 20.1 Å². The number of rotatable bonds is 6. The lowest BCUT2D eigenvalue weighted by Crippen LogP contribution is -2.52. The molecular formula is C21H24ClN3O2. The molecule has 2 aromatic carbocycles. The van der Waals surface area contributed by atoms with E-state index >= 15 is 0 Å². The largest absolute Gasteiger partial charge is 0.354 e. The molecule has 142 valence electrons. The predicted octanol–water partition coefficient (Wildman–Crippen LogP) is 2.63. The second-order valence-electron chi connectivity index (χ2n) is 6.65. The lowest BCUT2D eigenvalue weighted by atomic mass is 9.92. The molecule has 1 atom stereocenters. The minimum Gasteiger partial charge on any atom is -0.354 e. The van der Waals surface area contributed by atoms with E-state index in [0.717, 1.165) is 24.1 Å². The highest BCUT2D eigenvalue weighted by Gasteiger charge is 2.35. The van der Waals surface area contributed by atoms with Crippen molar-refractivity contribution in [1.29, 1.82) is 0 Å². The molecule has 3 rings (SSSR count). The third-order valence-electron chi connectivity index (χ3n) is 4.82. The van der Waals surface area contributed by atoms with Gasteiger partial charge in [-0.3, -0.25) is 9.59 Å². The maximum Gasteiger partial charge on any atom is 0.256 e. The molecule has 6 heteroatoms. The summed E-state index contributed by atoms with van der Waals surface area (Å²) < 4.78 is 0. The number of halogens is 1. The van der Waals surface area contributed by atoms with Crippen LogP contribution < -0.4 is 10.6 Å². The zero-order valence-corrected chi connectivity index (χ0v) is 16.1. The van der Waals surface area contributed by atoms with Gasteiger partial charge in [0.25, 0.3) is 5.91 Å². The fraction of sp³-hybridized carbons (Fsp3) is 0.333. The number of nitrogens with one attached hydrogen (secondary N) is 2. The van der Waals surface area contributed by atoms with Crippen LogP contribution in [0.2, 0.25) is 5.02 Å². The van der Waals surface area contributed by atoms with Gasteiger partial charge in [-0.05, 0) is 43.3 Å². The van der Waals surface area contributed by atoms with Gasteiger partial charge in [0, 0.05) is 19.5 Å². The van der Waals surface area contributed by atoms with Crippen LogP contribution in [0.3, 0.4) is 0 Å². The molecule has 1 unspecified atom stereocenters.